The van der Waals surface area contributed by atoms with Crippen LogP contribution in [-0.2, 0) is 0 Å². The van der Waals surface area contributed by atoms with Crippen LogP contribution in [0.5, 0.6) is 0 Å². The number of nitrogens with zero attached hydrogens (tertiary/aromatic N) is 4. The highest BCUT2D eigenvalue weighted by Crippen LogP contribution is 2.37. The lowest BCUT2D eigenvalue weighted by atomic mass is 9.78. The van der Waals surface area contributed by atoms with Gasteiger partial charge >= 0.3 is 0 Å². The number of aromatic nitrogens is 2. The third-order valence-corrected chi connectivity index (χ3v) is 8.20. The number of rotatable bonds is 3. The van der Waals surface area contributed by atoms with Gasteiger partial charge in [0.2, 0.25) is 5.95 Å². The molecule has 5 nitrogen and oxygen atoms in total. The number of likely N-dealkylation sites (tertiary alicyclic amines) is 1. The Kier molecular flexibility index (Phi) is 5.53. The fourth-order valence-corrected chi connectivity index (χ4v) is 6.60. The van der Waals surface area contributed by atoms with Crippen molar-refractivity contribution in [2.45, 2.75) is 63.3 Å². The molecule has 154 valence electrons. The van der Waals surface area contributed by atoms with Crippen molar-refractivity contribution in [3.63, 3.8) is 0 Å². The van der Waals surface area contributed by atoms with E-state index in [4.69, 9.17) is 0 Å². The van der Waals surface area contributed by atoms with E-state index in [9.17, 15) is 4.79 Å². The lowest BCUT2D eigenvalue weighted by Crippen LogP contribution is -2.49. The number of amides is 1. The molecule has 4 heterocycles. The largest absolute Gasteiger partial charge is 0.341 e. The van der Waals surface area contributed by atoms with E-state index in [1.807, 2.05) is 18.5 Å². The molecular formula is C23H30N4OS. The van der Waals surface area contributed by atoms with Crippen molar-refractivity contribution >= 4 is 23.2 Å². The third-order valence-electron chi connectivity index (χ3n) is 7.10. The predicted molar refractivity (Wildman–Crippen MR) is 117 cm³/mol. The minimum absolute atomic E-state index is 0.277. The summed E-state index contributed by atoms with van der Waals surface area (Å²) in [6.07, 6.45) is 13.4. The molecule has 29 heavy (non-hydrogen) atoms. The van der Waals surface area contributed by atoms with E-state index >= 15 is 0 Å². The Morgan fingerprint density at radius 1 is 0.966 bits per heavy atom. The Labute approximate surface area is 177 Å². The highest BCUT2D eigenvalue weighted by atomic mass is 32.1. The maximum atomic E-state index is 13.3. The molecule has 6 heteroatoms. The van der Waals surface area contributed by atoms with Gasteiger partial charge in [-0.1, -0.05) is 12.8 Å². The summed E-state index contributed by atoms with van der Waals surface area (Å²) < 4.78 is 0. The Morgan fingerprint density at radius 3 is 2.55 bits per heavy atom. The zero-order valence-corrected chi connectivity index (χ0v) is 17.8. The second kappa shape index (κ2) is 8.42. The molecule has 0 spiro atoms. The van der Waals surface area contributed by atoms with Crippen LogP contribution in [0, 0.1) is 5.92 Å². The number of hydrogen-bond acceptors (Lipinski definition) is 5. The molecule has 0 radical (unpaired) electrons. The number of piperidine rings is 2. The van der Waals surface area contributed by atoms with Crippen LogP contribution in [0.1, 0.15) is 72.5 Å². The molecule has 1 aliphatic carbocycles. The highest BCUT2D eigenvalue weighted by Gasteiger charge is 2.36. The molecule has 3 fully saturated rings. The molecule has 2 unspecified atom stereocenters. The topological polar surface area (TPSA) is 49.3 Å². The molecule has 1 saturated carbocycles. The lowest BCUT2D eigenvalue weighted by Gasteiger charge is -2.44. The van der Waals surface area contributed by atoms with Gasteiger partial charge in [-0.15, -0.1) is 11.3 Å². The van der Waals surface area contributed by atoms with Gasteiger partial charge in [0.05, 0.1) is 5.56 Å². The van der Waals surface area contributed by atoms with Gasteiger partial charge in [0.25, 0.3) is 5.91 Å². The average Bonchev–Trinajstić information content (AvgIpc) is 3.29. The lowest BCUT2D eigenvalue weighted by molar-refractivity contribution is 0.0391. The Balaban J connectivity index is 1.23. The fourth-order valence-electron chi connectivity index (χ4n) is 5.54. The quantitative estimate of drug-likeness (QED) is 0.735. The van der Waals surface area contributed by atoms with E-state index in [0.717, 1.165) is 49.9 Å². The summed E-state index contributed by atoms with van der Waals surface area (Å²) in [5.41, 5.74) is 0.921. The van der Waals surface area contributed by atoms with E-state index in [0.29, 0.717) is 12.0 Å². The molecule has 3 aliphatic rings. The minimum Gasteiger partial charge on any atom is -0.341 e. The first-order valence-corrected chi connectivity index (χ1v) is 12.1. The van der Waals surface area contributed by atoms with E-state index in [1.54, 1.807) is 11.3 Å². The SMILES string of the molecule is O=C(c1csc(C2CCN(c3ncccn3)CC2)c1)N1CCCC2CCCCC21. The molecule has 0 N–H and O–H groups in total. The first kappa shape index (κ1) is 19.0. The van der Waals surface area contributed by atoms with E-state index in [2.05, 4.69) is 31.2 Å². The second-order valence-electron chi connectivity index (χ2n) is 8.80. The van der Waals surface area contributed by atoms with Crippen LogP contribution >= 0.6 is 11.3 Å². The first-order valence-electron chi connectivity index (χ1n) is 11.2. The highest BCUT2D eigenvalue weighted by molar-refractivity contribution is 7.10. The monoisotopic (exact) mass is 410 g/mol. The first-order chi connectivity index (χ1) is 14.3. The van der Waals surface area contributed by atoms with Gasteiger partial charge < -0.3 is 9.80 Å². The Hall–Kier alpha value is -1.95. The molecule has 2 aromatic heterocycles. The fraction of sp³-hybridized carbons (Fsp3) is 0.609. The maximum Gasteiger partial charge on any atom is 0.254 e. The zero-order valence-electron chi connectivity index (χ0n) is 17.0. The molecule has 0 aromatic carbocycles. The van der Waals surface area contributed by atoms with Crippen LogP contribution < -0.4 is 4.90 Å². The van der Waals surface area contributed by atoms with Gasteiger partial charge in [-0.2, -0.15) is 0 Å². The van der Waals surface area contributed by atoms with E-state index in [1.165, 1.54) is 43.4 Å². The van der Waals surface area contributed by atoms with Gasteiger partial charge in [0.15, 0.2) is 0 Å². The Bertz CT molecular complexity index is 828. The third kappa shape index (κ3) is 3.91. The average molecular weight is 411 g/mol. The van der Waals surface area contributed by atoms with Gasteiger partial charge in [-0.25, -0.2) is 9.97 Å². The zero-order chi connectivity index (χ0) is 19.6. The van der Waals surface area contributed by atoms with Gasteiger partial charge in [-0.3, -0.25) is 4.79 Å². The summed E-state index contributed by atoms with van der Waals surface area (Å²) >= 11 is 1.78. The van der Waals surface area contributed by atoms with Crippen molar-refractivity contribution < 1.29 is 4.79 Å². The van der Waals surface area contributed by atoms with E-state index < -0.39 is 0 Å². The van der Waals surface area contributed by atoms with Crippen LogP contribution in [0.25, 0.3) is 0 Å². The second-order valence-corrected chi connectivity index (χ2v) is 9.74. The summed E-state index contributed by atoms with van der Waals surface area (Å²) in [5, 5.41) is 2.11. The van der Waals surface area contributed by atoms with Crippen LogP contribution in [0.2, 0.25) is 0 Å². The van der Waals surface area contributed by atoms with Crippen molar-refractivity contribution in [3.8, 4) is 0 Å². The molecule has 2 aromatic rings. The molecular weight excluding hydrogens is 380 g/mol. The van der Waals surface area contributed by atoms with Gasteiger partial charge in [-0.05, 0) is 62.5 Å². The van der Waals surface area contributed by atoms with E-state index in [-0.39, 0.29) is 5.91 Å². The summed E-state index contributed by atoms with van der Waals surface area (Å²) in [6, 6.07) is 4.54. The standard InChI is InChI=1S/C23H30N4OS/c28-22(27-12-3-6-17-5-1-2-7-20(17)27)19-15-21(29-16-19)18-8-13-26(14-9-18)23-24-10-4-11-25-23/h4,10-11,15-18,20H,1-3,5-9,12-14H2. The van der Waals surface area contributed by atoms with Crippen LogP contribution in [0.4, 0.5) is 5.95 Å². The number of anilines is 1. The molecule has 2 atom stereocenters. The van der Waals surface area contributed by atoms with Crippen molar-refractivity contribution in [2.24, 2.45) is 5.92 Å². The molecule has 2 saturated heterocycles. The van der Waals surface area contributed by atoms with Crippen LogP contribution in [-0.4, -0.2) is 46.5 Å². The van der Waals surface area contributed by atoms with Crippen molar-refractivity contribution in [1.29, 1.82) is 0 Å². The van der Waals surface area contributed by atoms with Crippen LogP contribution in [0.15, 0.2) is 29.9 Å². The smallest absolute Gasteiger partial charge is 0.254 e. The van der Waals surface area contributed by atoms with Gasteiger partial charge in [0, 0.05) is 48.3 Å². The molecule has 1 amide bonds. The van der Waals surface area contributed by atoms with Gasteiger partial charge in [0.1, 0.15) is 0 Å². The van der Waals surface area contributed by atoms with Crippen molar-refractivity contribution in [1.82, 2.24) is 14.9 Å². The minimum atomic E-state index is 0.277. The molecule has 2 aliphatic heterocycles. The molecule has 0 bridgehead atoms. The number of thiophene rings is 1. The summed E-state index contributed by atoms with van der Waals surface area (Å²) in [5.74, 6) is 2.40. The Morgan fingerprint density at radius 2 is 1.72 bits per heavy atom. The van der Waals surface area contributed by atoms with Crippen molar-refractivity contribution in [2.75, 3.05) is 24.5 Å². The summed E-state index contributed by atoms with van der Waals surface area (Å²) in [6.45, 7) is 2.90. The number of hydrogen-bond donors (Lipinski definition) is 0. The predicted octanol–water partition coefficient (Wildman–Crippen LogP) is 4.72. The number of carbonyl (C=O) groups excluding carboxylic acids is 1. The number of fused-ring (bicyclic) bond motifs is 1. The number of carbonyl (C=O) groups is 1. The molecule has 5 rings (SSSR count). The van der Waals surface area contributed by atoms with Crippen LogP contribution in [0.3, 0.4) is 0 Å². The summed E-state index contributed by atoms with van der Waals surface area (Å²) in [4.78, 5) is 27.9. The summed E-state index contributed by atoms with van der Waals surface area (Å²) in [7, 11) is 0. The maximum absolute atomic E-state index is 13.3. The van der Waals surface area contributed by atoms with Crippen molar-refractivity contribution in [3.05, 3.63) is 40.3 Å². The normalized spacial score (nSPS) is 25.7.